The van der Waals surface area contributed by atoms with Crippen molar-refractivity contribution >= 4 is 39.3 Å². The first-order valence-corrected chi connectivity index (χ1v) is 7.49. The Bertz CT molecular complexity index is 799. The molecule has 2 heterocycles. The van der Waals surface area contributed by atoms with Gasteiger partial charge in [0, 0.05) is 15.2 Å². The topological polar surface area (TPSA) is 63.1 Å². The van der Waals surface area contributed by atoms with Gasteiger partial charge >= 0.3 is 5.97 Å². The number of benzene rings is 1. The molecule has 1 N–H and O–H groups in total. The Hall–Kier alpha value is -1.92. The molecule has 0 fully saturated rings. The SMILES string of the molecule is Cc1cc2c(Sc3cccc(C(=O)O)c3)ncnc2s1. The summed E-state index contributed by atoms with van der Waals surface area (Å²) >= 11 is 3.08. The second kappa shape index (κ2) is 5.22. The number of aromatic nitrogens is 2. The summed E-state index contributed by atoms with van der Waals surface area (Å²) < 4.78 is 0. The van der Waals surface area contributed by atoms with E-state index in [0.717, 1.165) is 20.1 Å². The third kappa shape index (κ3) is 2.52. The number of rotatable bonds is 3. The molecule has 0 spiro atoms. The average molecular weight is 302 g/mol. The number of carbonyl (C=O) groups is 1. The van der Waals surface area contributed by atoms with E-state index in [4.69, 9.17) is 5.11 Å². The molecule has 0 radical (unpaired) electrons. The molecule has 4 nitrogen and oxygen atoms in total. The lowest BCUT2D eigenvalue weighted by atomic mass is 10.2. The van der Waals surface area contributed by atoms with E-state index >= 15 is 0 Å². The van der Waals surface area contributed by atoms with Crippen LogP contribution in [0.2, 0.25) is 0 Å². The molecule has 0 unspecified atom stereocenters. The monoisotopic (exact) mass is 302 g/mol. The lowest BCUT2D eigenvalue weighted by Gasteiger charge is -2.03. The highest BCUT2D eigenvalue weighted by molar-refractivity contribution is 7.99. The van der Waals surface area contributed by atoms with E-state index in [9.17, 15) is 4.79 Å². The van der Waals surface area contributed by atoms with Crippen molar-refractivity contribution in [1.29, 1.82) is 0 Å². The maximum absolute atomic E-state index is 11.0. The molecule has 0 aliphatic rings. The fourth-order valence-corrected chi connectivity index (χ4v) is 3.67. The van der Waals surface area contributed by atoms with Crippen LogP contribution in [0, 0.1) is 6.92 Å². The van der Waals surface area contributed by atoms with Crippen LogP contribution in [-0.4, -0.2) is 21.0 Å². The number of hydrogen-bond acceptors (Lipinski definition) is 5. The molecular formula is C14H10N2O2S2. The standard InChI is InChI=1S/C14H10N2O2S2/c1-8-5-11-12(19-8)15-7-16-13(11)20-10-4-2-3-9(6-10)14(17)18/h2-7H,1H3,(H,17,18). The van der Waals surface area contributed by atoms with Crippen LogP contribution in [0.4, 0.5) is 0 Å². The van der Waals surface area contributed by atoms with E-state index < -0.39 is 5.97 Å². The summed E-state index contributed by atoms with van der Waals surface area (Å²) in [7, 11) is 0. The second-order valence-corrected chi connectivity index (χ2v) is 6.49. The number of nitrogens with zero attached hydrogens (tertiary/aromatic N) is 2. The van der Waals surface area contributed by atoms with E-state index in [0.29, 0.717) is 0 Å². The Morgan fingerprint density at radius 3 is 2.95 bits per heavy atom. The van der Waals surface area contributed by atoms with E-state index in [-0.39, 0.29) is 5.56 Å². The van der Waals surface area contributed by atoms with Crippen molar-refractivity contribution < 1.29 is 9.90 Å². The Labute approximate surface area is 123 Å². The molecule has 3 rings (SSSR count). The minimum Gasteiger partial charge on any atom is -0.478 e. The summed E-state index contributed by atoms with van der Waals surface area (Å²) in [5.41, 5.74) is 0.279. The molecular weight excluding hydrogens is 292 g/mol. The van der Waals surface area contributed by atoms with Gasteiger partial charge in [-0.15, -0.1) is 11.3 Å². The molecule has 0 atom stereocenters. The van der Waals surface area contributed by atoms with Gasteiger partial charge in [-0.25, -0.2) is 14.8 Å². The zero-order chi connectivity index (χ0) is 14.1. The van der Waals surface area contributed by atoms with Gasteiger partial charge in [0.1, 0.15) is 16.2 Å². The van der Waals surface area contributed by atoms with Gasteiger partial charge in [-0.1, -0.05) is 17.8 Å². The zero-order valence-corrected chi connectivity index (χ0v) is 12.2. The normalized spacial score (nSPS) is 10.8. The highest BCUT2D eigenvalue weighted by atomic mass is 32.2. The molecule has 0 bridgehead atoms. The summed E-state index contributed by atoms with van der Waals surface area (Å²) in [6.45, 7) is 2.03. The Morgan fingerprint density at radius 1 is 1.30 bits per heavy atom. The Morgan fingerprint density at radius 2 is 2.15 bits per heavy atom. The molecule has 0 aliphatic carbocycles. The maximum Gasteiger partial charge on any atom is 0.335 e. The number of fused-ring (bicyclic) bond motifs is 1. The van der Waals surface area contributed by atoms with Crippen molar-refractivity contribution in [2.75, 3.05) is 0 Å². The lowest BCUT2D eigenvalue weighted by molar-refractivity contribution is 0.0696. The summed E-state index contributed by atoms with van der Waals surface area (Å²) in [5, 5.41) is 10.9. The van der Waals surface area contributed by atoms with Gasteiger partial charge in [0.2, 0.25) is 0 Å². The van der Waals surface area contributed by atoms with E-state index in [1.54, 1.807) is 35.9 Å². The van der Waals surface area contributed by atoms with Crippen LogP contribution in [-0.2, 0) is 0 Å². The highest BCUT2D eigenvalue weighted by Gasteiger charge is 2.10. The van der Waals surface area contributed by atoms with Gasteiger partial charge in [0.15, 0.2) is 0 Å². The Balaban J connectivity index is 2.01. The van der Waals surface area contributed by atoms with Crippen LogP contribution in [0.5, 0.6) is 0 Å². The fraction of sp³-hybridized carbons (Fsp3) is 0.0714. The van der Waals surface area contributed by atoms with Crippen LogP contribution in [0.15, 0.2) is 46.6 Å². The number of aryl methyl sites for hydroxylation is 1. The van der Waals surface area contributed by atoms with Gasteiger partial charge in [-0.3, -0.25) is 0 Å². The molecule has 100 valence electrons. The van der Waals surface area contributed by atoms with Crippen LogP contribution < -0.4 is 0 Å². The third-order valence-corrected chi connectivity index (χ3v) is 4.68. The molecule has 0 aliphatic heterocycles. The molecule has 0 saturated carbocycles. The quantitative estimate of drug-likeness (QED) is 0.745. The Kier molecular flexibility index (Phi) is 3.42. The molecule has 2 aromatic heterocycles. The van der Waals surface area contributed by atoms with Crippen LogP contribution in [0.3, 0.4) is 0 Å². The minimum atomic E-state index is -0.924. The summed E-state index contributed by atoms with van der Waals surface area (Å²) in [4.78, 5) is 22.5. The minimum absolute atomic E-state index is 0.279. The molecule has 3 aromatic rings. The van der Waals surface area contributed by atoms with E-state index in [2.05, 4.69) is 16.0 Å². The maximum atomic E-state index is 11.0. The average Bonchev–Trinajstić information content (AvgIpc) is 2.80. The molecule has 0 amide bonds. The van der Waals surface area contributed by atoms with Crippen molar-refractivity contribution in [2.45, 2.75) is 16.8 Å². The fourth-order valence-electron chi connectivity index (χ4n) is 1.84. The molecule has 0 saturated heterocycles. The summed E-state index contributed by atoms with van der Waals surface area (Å²) in [6.07, 6.45) is 1.54. The second-order valence-electron chi connectivity index (χ2n) is 4.19. The van der Waals surface area contributed by atoms with Crippen molar-refractivity contribution in [3.63, 3.8) is 0 Å². The van der Waals surface area contributed by atoms with Crippen LogP contribution >= 0.6 is 23.1 Å². The van der Waals surface area contributed by atoms with Crippen molar-refractivity contribution in [3.8, 4) is 0 Å². The number of carboxylic acid groups (broad SMARTS) is 1. The number of aromatic carboxylic acids is 1. The van der Waals surface area contributed by atoms with Crippen LogP contribution in [0.25, 0.3) is 10.2 Å². The van der Waals surface area contributed by atoms with Gasteiger partial charge in [0.05, 0.1) is 5.56 Å². The van der Waals surface area contributed by atoms with Crippen LogP contribution in [0.1, 0.15) is 15.2 Å². The summed E-state index contributed by atoms with van der Waals surface area (Å²) in [6, 6.07) is 8.91. The molecule has 1 aromatic carbocycles. The third-order valence-electron chi connectivity index (χ3n) is 2.71. The number of hydrogen-bond donors (Lipinski definition) is 1. The van der Waals surface area contributed by atoms with Crippen molar-refractivity contribution in [2.24, 2.45) is 0 Å². The van der Waals surface area contributed by atoms with E-state index in [1.807, 2.05) is 13.0 Å². The smallest absolute Gasteiger partial charge is 0.335 e. The van der Waals surface area contributed by atoms with Gasteiger partial charge in [0.25, 0.3) is 0 Å². The van der Waals surface area contributed by atoms with Gasteiger partial charge < -0.3 is 5.11 Å². The first-order chi connectivity index (χ1) is 9.63. The van der Waals surface area contributed by atoms with E-state index in [1.165, 1.54) is 16.6 Å². The predicted octanol–water partition coefficient (Wildman–Crippen LogP) is 3.85. The zero-order valence-electron chi connectivity index (χ0n) is 10.5. The molecule has 20 heavy (non-hydrogen) atoms. The van der Waals surface area contributed by atoms with Crippen molar-refractivity contribution in [3.05, 3.63) is 47.1 Å². The number of thiophene rings is 1. The van der Waals surface area contributed by atoms with Gasteiger partial charge in [-0.2, -0.15) is 0 Å². The highest BCUT2D eigenvalue weighted by Crippen LogP contribution is 2.34. The summed E-state index contributed by atoms with van der Waals surface area (Å²) in [5.74, 6) is -0.924. The number of carboxylic acids is 1. The lowest BCUT2D eigenvalue weighted by Crippen LogP contribution is -1.95. The first-order valence-electron chi connectivity index (χ1n) is 5.86. The first kappa shape index (κ1) is 13.1. The largest absolute Gasteiger partial charge is 0.478 e. The van der Waals surface area contributed by atoms with Crippen molar-refractivity contribution in [1.82, 2.24) is 9.97 Å². The molecule has 6 heteroatoms. The predicted molar refractivity (Wildman–Crippen MR) is 79.7 cm³/mol. The van der Waals surface area contributed by atoms with Gasteiger partial charge in [-0.05, 0) is 31.2 Å².